The minimum Gasteiger partial charge on any atom is -0.331 e. The number of nitrogens with one attached hydrogen (secondary N) is 1. The molecular formula is C5H9BrN2O. The molecule has 1 rings (SSSR count). The van der Waals surface area contributed by atoms with E-state index in [9.17, 15) is 4.79 Å². The van der Waals surface area contributed by atoms with E-state index in [1.807, 2.05) is 0 Å². The number of halogens is 1. The molecule has 9 heavy (non-hydrogen) atoms. The van der Waals surface area contributed by atoms with Crippen LogP contribution in [0.5, 0.6) is 0 Å². The van der Waals surface area contributed by atoms with Gasteiger partial charge >= 0.3 is 0 Å². The standard InChI is InChI=1S/C5H9BrN2O/c6-5(9)8-3-1-7-2-4-8/h7H,1-4H2. The van der Waals surface area contributed by atoms with Crippen LogP contribution < -0.4 is 5.32 Å². The first-order valence-corrected chi connectivity index (χ1v) is 3.75. The van der Waals surface area contributed by atoms with Gasteiger partial charge in [-0.05, 0) is 0 Å². The number of rotatable bonds is 0. The molecule has 1 fully saturated rings. The molecule has 1 heterocycles. The van der Waals surface area contributed by atoms with Crippen LogP contribution in [-0.2, 0) is 0 Å². The molecule has 0 aromatic heterocycles. The van der Waals surface area contributed by atoms with Crippen molar-refractivity contribution < 1.29 is 4.79 Å². The van der Waals surface area contributed by atoms with Crippen LogP contribution in [0.15, 0.2) is 0 Å². The monoisotopic (exact) mass is 192 g/mol. The maximum Gasteiger partial charge on any atom is 0.289 e. The van der Waals surface area contributed by atoms with Gasteiger partial charge in [0.2, 0.25) is 0 Å². The van der Waals surface area contributed by atoms with Crippen molar-refractivity contribution in [3.8, 4) is 0 Å². The fourth-order valence-electron chi connectivity index (χ4n) is 0.841. The van der Waals surface area contributed by atoms with Crippen LogP contribution in [0.3, 0.4) is 0 Å². The van der Waals surface area contributed by atoms with Gasteiger partial charge in [0, 0.05) is 42.1 Å². The van der Waals surface area contributed by atoms with Gasteiger partial charge in [-0.15, -0.1) is 0 Å². The van der Waals surface area contributed by atoms with E-state index in [1.165, 1.54) is 0 Å². The first-order valence-electron chi connectivity index (χ1n) is 2.96. The highest BCUT2D eigenvalue weighted by molar-refractivity contribution is 9.18. The summed E-state index contributed by atoms with van der Waals surface area (Å²) >= 11 is 2.90. The molecule has 52 valence electrons. The van der Waals surface area contributed by atoms with Crippen molar-refractivity contribution in [2.24, 2.45) is 0 Å². The van der Waals surface area contributed by atoms with E-state index in [2.05, 4.69) is 21.2 Å². The molecule has 1 amide bonds. The first kappa shape index (κ1) is 7.02. The third kappa shape index (κ3) is 1.95. The maximum absolute atomic E-state index is 10.6. The Balaban J connectivity index is 2.31. The van der Waals surface area contributed by atoms with Crippen molar-refractivity contribution in [2.45, 2.75) is 0 Å². The van der Waals surface area contributed by atoms with Crippen LogP contribution in [0.25, 0.3) is 0 Å². The third-order valence-electron chi connectivity index (χ3n) is 1.37. The van der Waals surface area contributed by atoms with Gasteiger partial charge in [0.25, 0.3) is 4.82 Å². The van der Waals surface area contributed by atoms with Gasteiger partial charge in [0.1, 0.15) is 0 Å². The number of piperazine rings is 1. The molecule has 1 N–H and O–H groups in total. The molecule has 0 atom stereocenters. The summed E-state index contributed by atoms with van der Waals surface area (Å²) in [5, 5.41) is 3.15. The van der Waals surface area contributed by atoms with Crippen molar-refractivity contribution in [3.63, 3.8) is 0 Å². The smallest absolute Gasteiger partial charge is 0.289 e. The summed E-state index contributed by atoms with van der Waals surface area (Å²) in [5.41, 5.74) is 0. The lowest BCUT2D eigenvalue weighted by molar-refractivity contribution is 0.216. The Kier molecular flexibility index (Phi) is 2.48. The highest BCUT2D eigenvalue weighted by Gasteiger charge is 2.11. The SMILES string of the molecule is O=C(Br)N1CCNCC1. The van der Waals surface area contributed by atoms with E-state index in [-0.39, 0.29) is 4.82 Å². The summed E-state index contributed by atoms with van der Waals surface area (Å²) in [6, 6.07) is 0. The predicted octanol–water partition coefficient (Wildman–Crippen LogP) is 0.406. The Morgan fingerprint density at radius 3 is 2.33 bits per heavy atom. The summed E-state index contributed by atoms with van der Waals surface area (Å²) in [4.78, 5) is 12.4. The molecule has 1 aliphatic heterocycles. The fourth-order valence-corrected chi connectivity index (χ4v) is 1.20. The zero-order chi connectivity index (χ0) is 6.69. The molecule has 0 unspecified atom stereocenters. The summed E-state index contributed by atoms with van der Waals surface area (Å²) in [5.74, 6) is 0. The molecule has 0 aromatic carbocycles. The van der Waals surface area contributed by atoms with Crippen molar-refractivity contribution in [1.29, 1.82) is 0 Å². The average molecular weight is 193 g/mol. The summed E-state index contributed by atoms with van der Waals surface area (Å²) in [7, 11) is 0. The second-order valence-electron chi connectivity index (χ2n) is 1.99. The number of nitrogens with zero attached hydrogens (tertiary/aromatic N) is 1. The fraction of sp³-hybridized carbons (Fsp3) is 0.800. The second kappa shape index (κ2) is 3.17. The van der Waals surface area contributed by atoms with Crippen LogP contribution in [0, 0.1) is 0 Å². The molecule has 0 aliphatic carbocycles. The topological polar surface area (TPSA) is 32.3 Å². The summed E-state index contributed by atoms with van der Waals surface area (Å²) in [6.07, 6.45) is 0. The van der Waals surface area contributed by atoms with Crippen LogP contribution in [0.4, 0.5) is 4.79 Å². The molecule has 0 aromatic rings. The first-order chi connectivity index (χ1) is 4.30. The van der Waals surface area contributed by atoms with Gasteiger partial charge < -0.3 is 10.2 Å². The largest absolute Gasteiger partial charge is 0.331 e. The van der Waals surface area contributed by atoms with E-state index in [0.717, 1.165) is 26.2 Å². The van der Waals surface area contributed by atoms with Crippen LogP contribution in [-0.4, -0.2) is 35.9 Å². The van der Waals surface area contributed by atoms with Gasteiger partial charge in [-0.3, -0.25) is 4.79 Å². The van der Waals surface area contributed by atoms with Crippen LogP contribution in [0.2, 0.25) is 0 Å². The molecule has 4 heteroatoms. The third-order valence-corrected chi connectivity index (χ3v) is 1.87. The Hall–Kier alpha value is -0.0900. The Labute approximate surface area is 62.5 Å². The van der Waals surface area contributed by atoms with E-state index < -0.39 is 0 Å². The van der Waals surface area contributed by atoms with Gasteiger partial charge in [-0.2, -0.15) is 0 Å². The van der Waals surface area contributed by atoms with E-state index in [1.54, 1.807) is 4.90 Å². The lowest BCUT2D eigenvalue weighted by atomic mass is 10.4. The molecule has 0 radical (unpaired) electrons. The summed E-state index contributed by atoms with van der Waals surface area (Å²) in [6.45, 7) is 3.48. The number of carbonyl (C=O) groups is 1. The van der Waals surface area contributed by atoms with E-state index >= 15 is 0 Å². The summed E-state index contributed by atoms with van der Waals surface area (Å²) < 4.78 is 0. The quantitative estimate of drug-likeness (QED) is 0.446. The van der Waals surface area contributed by atoms with Crippen molar-refractivity contribution >= 4 is 20.7 Å². The average Bonchev–Trinajstić information content (AvgIpc) is 1.90. The van der Waals surface area contributed by atoms with Gasteiger partial charge in [-0.25, -0.2) is 0 Å². The zero-order valence-electron chi connectivity index (χ0n) is 5.06. The highest BCUT2D eigenvalue weighted by Crippen LogP contribution is 1.99. The minimum absolute atomic E-state index is 0.00370. The van der Waals surface area contributed by atoms with Gasteiger partial charge in [0.15, 0.2) is 0 Å². The van der Waals surface area contributed by atoms with Crippen molar-refractivity contribution in [1.82, 2.24) is 10.2 Å². The van der Waals surface area contributed by atoms with Crippen molar-refractivity contribution in [3.05, 3.63) is 0 Å². The lowest BCUT2D eigenvalue weighted by Crippen LogP contribution is -2.44. The Morgan fingerprint density at radius 2 is 2.00 bits per heavy atom. The number of hydrogen-bond acceptors (Lipinski definition) is 2. The normalized spacial score (nSPS) is 19.9. The number of amides is 1. The second-order valence-corrected chi connectivity index (χ2v) is 2.67. The van der Waals surface area contributed by atoms with E-state index in [4.69, 9.17) is 0 Å². The van der Waals surface area contributed by atoms with Crippen LogP contribution >= 0.6 is 15.9 Å². The minimum atomic E-state index is 0.00370. The van der Waals surface area contributed by atoms with Crippen molar-refractivity contribution in [2.75, 3.05) is 26.2 Å². The molecule has 0 saturated carbocycles. The molecule has 1 aliphatic rings. The zero-order valence-corrected chi connectivity index (χ0v) is 6.65. The van der Waals surface area contributed by atoms with E-state index in [0.29, 0.717) is 0 Å². The Morgan fingerprint density at radius 1 is 1.44 bits per heavy atom. The molecule has 0 bridgehead atoms. The molecule has 1 saturated heterocycles. The van der Waals surface area contributed by atoms with Gasteiger partial charge in [0.05, 0.1) is 0 Å². The number of carbonyl (C=O) groups excluding carboxylic acids is 1. The van der Waals surface area contributed by atoms with Crippen LogP contribution in [0.1, 0.15) is 0 Å². The van der Waals surface area contributed by atoms with Gasteiger partial charge in [-0.1, -0.05) is 0 Å². The molecule has 0 spiro atoms. The Bertz CT molecular complexity index is 112. The molecular weight excluding hydrogens is 184 g/mol. The lowest BCUT2D eigenvalue weighted by Gasteiger charge is -2.24. The predicted molar refractivity (Wildman–Crippen MR) is 38.8 cm³/mol. The molecule has 3 nitrogen and oxygen atoms in total. The number of hydrogen-bond donors (Lipinski definition) is 1. The highest BCUT2D eigenvalue weighted by atomic mass is 79.9. The maximum atomic E-state index is 10.6.